The van der Waals surface area contributed by atoms with Crippen molar-refractivity contribution in [3.8, 4) is 49.9 Å². The monoisotopic (exact) mass is 318 g/mol. The maximum atomic E-state index is 9.82. The molecule has 0 aliphatic carbocycles. The van der Waals surface area contributed by atoms with E-state index in [1.807, 2.05) is 0 Å². The van der Waals surface area contributed by atoms with Gasteiger partial charge in [0.25, 0.3) is 0 Å². The zero-order chi connectivity index (χ0) is 15.9. The molecule has 0 radical (unpaired) electrons. The summed E-state index contributed by atoms with van der Waals surface area (Å²) in [7, 11) is 0. The summed E-state index contributed by atoms with van der Waals surface area (Å²) in [6.07, 6.45) is 0. The molecule has 0 bridgehead atoms. The SMILES string of the molecule is Oc1ccc(-c2nnc(-c3cc(O)c(O)cc3O)s2)cc1O. The number of hydrogen-bond acceptors (Lipinski definition) is 8. The summed E-state index contributed by atoms with van der Waals surface area (Å²) in [5, 5.41) is 56.1. The Morgan fingerprint density at radius 1 is 0.636 bits per heavy atom. The zero-order valence-corrected chi connectivity index (χ0v) is 11.7. The van der Waals surface area contributed by atoms with Crippen molar-refractivity contribution < 1.29 is 25.5 Å². The Bertz CT molecular complexity index is 862. The van der Waals surface area contributed by atoms with Crippen molar-refractivity contribution in [1.82, 2.24) is 10.2 Å². The van der Waals surface area contributed by atoms with Gasteiger partial charge in [-0.3, -0.25) is 0 Å². The lowest BCUT2D eigenvalue weighted by Crippen LogP contribution is -1.80. The smallest absolute Gasteiger partial charge is 0.161 e. The van der Waals surface area contributed by atoms with Crippen LogP contribution in [0.2, 0.25) is 0 Å². The van der Waals surface area contributed by atoms with Gasteiger partial charge in [0.05, 0.1) is 5.56 Å². The molecule has 1 aromatic heterocycles. The number of nitrogens with zero attached hydrogens (tertiary/aromatic N) is 2. The van der Waals surface area contributed by atoms with Crippen molar-refractivity contribution >= 4 is 11.3 Å². The van der Waals surface area contributed by atoms with E-state index in [9.17, 15) is 25.5 Å². The zero-order valence-electron chi connectivity index (χ0n) is 10.9. The van der Waals surface area contributed by atoms with E-state index >= 15 is 0 Å². The molecule has 7 nitrogen and oxygen atoms in total. The summed E-state index contributed by atoms with van der Waals surface area (Å²) in [6, 6.07) is 6.43. The van der Waals surface area contributed by atoms with Gasteiger partial charge < -0.3 is 25.5 Å². The van der Waals surface area contributed by atoms with Crippen LogP contribution < -0.4 is 0 Å². The van der Waals surface area contributed by atoms with Crippen LogP contribution in [0.1, 0.15) is 0 Å². The molecule has 112 valence electrons. The number of rotatable bonds is 2. The Hall–Kier alpha value is -3.00. The molecule has 0 spiro atoms. The van der Waals surface area contributed by atoms with Crippen molar-refractivity contribution in [3.63, 3.8) is 0 Å². The van der Waals surface area contributed by atoms with E-state index in [1.165, 1.54) is 18.2 Å². The summed E-state index contributed by atoms with van der Waals surface area (Å²) in [4.78, 5) is 0. The third-order valence-corrected chi connectivity index (χ3v) is 3.98. The van der Waals surface area contributed by atoms with E-state index in [-0.39, 0.29) is 28.6 Å². The predicted molar refractivity (Wildman–Crippen MR) is 79.1 cm³/mol. The molecule has 8 heteroatoms. The van der Waals surface area contributed by atoms with Crippen LogP contribution in [0.5, 0.6) is 28.7 Å². The first-order chi connectivity index (χ1) is 10.5. The number of aromatic nitrogens is 2. The molecule has 0 aliphatic rings. The normalized spacial score (nSPS) is 10.7. The average Bonchev–Trinajstić information content (AvgIpc) is 2.95. The van der Waals surface area contributed by atoms with Crippen LogP contribution in [0.25, 0.3) is 21.1 Å². The second-order valence-electron chi connectivity index (χ2n) is 4.47. The lowest BCUT2D eigenvalue weighted by atomic mass is 10.2. The maximum absolute atomic E-state index is 9.82. The standard InChI is InChI=1S/C14H10N2O5S/c17-8-2-1-6(3-10(8)19)13-15-16-14(22-13)7-4-11(20)12(21)5-9(7)18/h1-5,17-21H. The number of hydrogen-bond donors (Lipinski definition) is 5. The lowest BCUT2D eigenvalue weighted by molar-refractivity contribution is 0.397. The highest BCUT2D eigenvalue weighted by molar-refractivity contribution is 7.18. The molecule has 0 fully saturated rings. The largest absolute Gasteiger partial charge is 0.507 e. The molecule has 3 aromatic rings. The first-order valence-electron chi connectivity index (χ1n) is 6.07. The van der Waals surface area contributed by atoms with E-state index in [1.54, 1.807) is 6.07 Å². The minimum atomic E-state index is -0.436. The van der Waals surface area contributed by atoms with E-state index in [0.717, 1.165) is 17.4 Å². The fraction of sp³-hybridized carbons (Fsp3) is 0. The minimum absolute atomic E-state index is 0.224. The summed E-state index contributed by atoms with van der Waals surface area (Å²) in [6.45, 7) is 0. The predicted octanol–water partition coefficient (Wildman–Crippen LogP) is 2.40. The number of aromatic hydroxyl groups is 5. The van der Waals surface area contributed by atoms with Crippen molar-refractivity contribution in [1.29, 1.82) is 0 Å². The first-order valence-corrected chi connectivity index (χ1v) is 6.88. The Morgan fingerprint density at radius 3 is 2.00 bits per heavy atom. The van der Waals surface area contributed by atoms with Crippen LogP contribution in [0, 0.1) is 0 Å². The molecule has 0 atom stereocenters. The third-order valence-electron chi connectivity index (χ3n) is 2.97. The van der Waals surface area contributed by atoms with Gasteiger partial charge in [-0.05, 0) is 24.3 Å². The first kappa shape index (κ1) is 14.0. The molecule has 1 heterocycles. The fourth-order valence-electron chi connectivity index (χ4n) is 1.84. The fourth-order valence-corrected chi connectivity index (χ4v) is 2.71. The van der Waals surface area contributed by atoms with Crippen molar-refractivity contribution in [2.24, 2.45) is 0 Å². The molecular formula is C14H10N2O5S. The Labute approximate surface area is 128 Å². The van der Waals surface area contributed by atoms with Crippen LogP contribution in [-0.2, 0) is 0 Å². The highest BCUT2D eigenvalue weighted by Gasteiger charge is 2.15. The van der Waals surface area contributed by atoms with Gasteiger partial charge in [0.15, 0.2) is 28.0 Å². The molecule has 2 aromatic carbocycles. The van der Waals surface area contributed by atoms with Crippen LogP contribution >= 0.6 is 11.3 Å². The molecule has 0 unspecified atom stereocenters. The van der Waals surface area contributed by atoms with E-state index in [4.69, 9.17) is 0 Å². The lowest BCUT2D eigenvalue weighted by Gasteiger charge is -2.03. The summed E-state index contributed by atoms with van der Waals surface area (Å²) in [5.41, 5.74) is 0.767. The van der Waals surface area contributed by atoms with Crippen molar-refractivity contribution in [2.75, 3.05) is 0 Å². The van der Waals surface area contributed by atoms with E-state index in [2.05, 4.69) is 10.2 Å². The van der Waals surface area contributed by atoms with Gasteiger partial charge >= 0.3 is 0 Å². The molecule has 0 saturated heterocycles. The molecule has 3 rings (SSSR count). The van der Waals surface area contributed by atoms with Crippen molar-refractivity contribution in [2.45, 2.75) is 0 Å². The quantitative estimate of drug-likeness (QED) is 0.362. The summed E-state index contributed by atoms with van der Waals surface area (Å²) < 4.78 is 0. The summed E-state index contributed by atoms with van der Waals surface area (Å²) >= 11 is 1.11. The number of phenolic OH excluding ortho intramolecular Hbond substituents is 5. The minimum Gasteiger partial charge on any atom is -0.507 e. The molecule has 0 saturated carbocycles. The van der Waals surface area contributed by atoms with Crippen LogP contribution in [0.15, 0.2) is 30.3 Å². The maximum Gasteiger partial charge on any atom is 0.161 e. The van der Waals surface area contributed by atoms with Gasteiger partial charge in [0, 0.05) is 11.6 Å². The van der Waals surface area contributed by atoms with Crippen LogP contribution in [0.4, 0.5) is 0 Å². The van der Waals surface area contributed by atoms with Crippen LogP contribution in [-0.4, -0.2) is 35.7 Å². The molecule has 0 aliphatic heterocycles. The van der Waals surface area contributed by atoms with Gasteiger partial charge in [-0.15, -0.1) is 10.2 Å². The van der Waals surface area contributed by atoms with Crippen LogP contribution in [0.3, 0.4) is 0 Å². The Morgan fingerprint density at radius 2 is 1.27 bits per heavy atom. The van der Waals surface area contributed by atoms with Gasteiger partial charge in [0.2, 0.25) is 0 Å². The Kier molecular flexibility index (Phi) is 3.22. The Balaban J connectivity index is 2.04. The van der Waals surface area contributed by atoms with Crippen molar-refractivity contribution in [3.05, 3.63) is 30.3 Å². The molecule has 5 N–H and O–H groups in total. The van der Waals surface area contributed by atoms with Gasteiger partial charge in [-0.1, -0.05) is 11.3 Å². The number of benzene rings is 2. The highest BCUT2D eigenvalue weighted by Crippen LogP contribution is 2.41. The summed E-state index contributed by atoms with van der Waals surface area (Å²) in [5.74, 6) is -1.58. The van der Waals surface area contributed by atoms with Gasteiger partial charge in [0.1, 0.15) is 10.8 Å². The van der Waals surface area contributed by atoms with E-state index < -0.39 is 5.75 Å². The number of phenols is 5. The molecule has 22 heavy (non-hydrogen) atoms. The molecular weight excluding hydrogens is 308 g/mol. The molecule has 0 amide bonds. The second kappa shape index (κ2) is 5.08. The van der Waals surface area contributed by atoms with Gasteiger partial charge in [-0.25, -0.2) is 0 Å². The highest BCUT2D eigenvalue weighted by atomic mass is 32.1. The average molecular weight is 318 g/mol. The van der Waals surface area contributed by atoms with Gasteiger partial charge in [-0.2, -0.15) is 0 Å². The second-order valence-corrected chi connectivity index (χ2v) is 5.45. The third kappa shape index (κ3) is 2.35. The van der Waals surface area contributed by atoms with E-state index in [0.29, 0.717) is 15.6 Å². The topological polar surface area (TPSA) is 127 Å².